The van der Waals surface area contributed by atoms with E-state index >= 15 is 0 Å². The van der Waals surface area contributed by atoms with Crippen molar-refractivity contribution in [1.29, 1.82) is 0 Å². The first kappa shape index (κ1) is 15.5. The third-order valence-electron chi connectivity index (χ3n) is 3.43. The molecule has 0 unspecified atom stereocenters. The Hall–Kier alpha value is -1.88. The van der Waals surface area contributed by atoms with E-state index in [0.717, 1.165) is 18.7 Å². The van der Waals surface area contributed by atoms with Crippen LogP contribution >= 0.6 is 0 Å². The topological polar surface area (TPSA) is 54.2 Å². The Morgan fingerprint density at radius 2 is 1.76 bits per heavy atom. The summed E-state index contributed by atoms with van der Waals surface area (Å²) < 4.78 is 5.27. The molecule has 2 rings (SSSR count). The van der Waals surface area contributed by atoms with Crippen molar-refractivity contribution in [2.24, 2.45) is 0 Å². The SMILES string of the molecule is CC(C)N(CCNc1noc(-c2ccccc2)n1)C(C)C. The maximum Gasteiger partial charge on any atom is 0.263 e. The van der Waals surface area contributed by atoms with E-state index in [2.05, 4.69) is 48.1 Å². The predicted molar refractivity (Wildman–Crippen MR) is 85.2 cm³/mol. The average molecular weight is 288 g/mol. The molecule has 0 saturated heterocycles. The molecule has 5 heteroatoms. The second kappa shape index (κ2) is 7.22. The molecule has 0 spiro atoms. The van der Waals surface area contributed by atoms with Gasteiger partial charge in [-0.3, -0.25) is 4.90 Å². The summed E-state index contributed by atoms with van der Waals surface area (Å²) in [5.41, 5.74) is 0.934. The molecule has 0 amide bonds. The minimum atomic E-state index is 0.525. The Morgan fingerprint density at radius 3 is 2.38 bits per heavy atom. The van der Waals surface area contributed by atoms with Crippen molar-refractivity contribution in [1.82, 2.24) is 15.0 Å². The maximum absolute atomic E-state index is 5.27. The smallest absolute Gasteiger partial charge is 0.263 e. The highest BCUT2D eigenvalue weighted by molar-refractivity contribution is 5.53. The molecule has 0 atom stereocenters. The zero-order valence-electron chi connectivity index (χ0n) is 13.2. The van der Waals surface area contributed by atoms with Gasteiger partial charge < -0.3 is 9.84 Å². The second-order valence-electron chi connectivity index (χ2n) is 5.64. The van der Waals surface area contributed by atoms with Gasteiger partial charge in [0.05, 0.1) is 0 Å². The summed E-state index contributed by atoms with van der Waals surface area (Å²) in [5, 5.41) is 7.18. The van der Waals surface area contributed by atoms with E-state index < -0.39 is 0 Å². The summed E-state index contributed by atoms with van der Waals surface area (Å²) in [6.07, 6.45) is 0. The average Bonchev–Trinajstić information content (AvgIpc) is 2.92. The van der Waals surface area contributed by atoms with Gasteiger partial charge in [0.15, 0.2) is 0 Å². The molecule has 114 valence electrons. The number of rotatable bonds is 7. The molecule has 0 fully saturated rings. The summed E-state index contributed by atoms with van der Waals surface area (Å²) in [6, 6.07) is 10.8. The van der Waals surface area contributed by atoms with Crippen LogP contribution in [0.3, 0.4) is 0 Å². The van der Waals surface area contributed by atoms with Crippen LogP contribution in [0.4, 0.5) is 5.95 Å². The molecule has 5 nitrogen and oxygen atoms in total. The van der Waals surface area contributed by atoms with Gasteiger partial charge >= 0.3 is 0 Å². The Bertz CT molecular complexity index is 528. The van der Waals surface area contributed by atoms with Crippen LogP contribution in [0.25, 0.3) is 11.5 Å². The molecule has 0 aliphatic carbocycles. The van der Waals surface area contributed by atoms with Crippen LogP contribution in [0.15, 0.2) is 34.9 Å². The van der Waals surface area contributed by atoms with Gasteiger partial charge in [0.1, 0.15) is 0 Å². The number of anilines is 1. The van der Waals surface area contributed by atoms with Crippen molar-refractivity contribution in [3.8, 4) is 11.5 Å². The Morgan fingerprint density at radius 1 is 1.10 bits per heavy atom. The molecule has 0 saturated carbocycles. The fourth-order valence-electron chi connectivity index (χ4n) is 2.40. The minimum Gasteiger partial charge on any atom is -0.350 e. The van der Waals surface area contributed by atoms with Gasteiger partial charge in [-0.2, -0.15) is 4.98 Å². The van der Waals surface area contributed by atoms with Crippen molar-refractivity contribution in [2.75, 3.05) is 18.4 Å². The zero-order chi connectivity index (χ0) is 15.2. The first-order chi connectivity index (χ1) is 10.1. The van der Waals surface area contributed by atoms with Crippen molar-refractivity contribution in [2.45, 2.75) is 39.8 Å². The monoisotopic (exact) mass is 288 g/mol. The number of benzene rings is 1. The summed E-state index contributed by atoms with van der Waals surface area (Å²) in [7, 11) is 0. The molecule has 0 aliphatic rings. The normalized spacial score (nSPS) is 11.6. The number of nitrogens with one attached hydrogen (secondary N) is 1. The highest BCUT2D eigenvalue weighted by Gasteiger charge is 2.13. The summed E-state index contributed by atoms with van der Waals surface area (Å²) in [5.74, 6) is 1.09. The molecule has 0 bridgehead atoms. The Balaban J connectivity index is 1.89. The summed E-state index contributed by atoms with van der Waals surface area (Å²) >= 11 is 0. The number of hydrogen-bond acceptors (Lipinski definition) is 5. The molecule has 0 aliphatic heterocycles. The lowest BCUT2D eigenvalue weighted by molar-refractivity contribution is 0.182. The molecule has 0 radical (unpaired) electrons. The van der Waals surface area contributed by atoms with Crippen molar-refractivity contribution in [3.63, 3.8) is 0 Å². The van der Waals surface area contributed by atoms with E-state index in [9.17, 15) is 0 Å². The second-order valence-corrected chi connectivity index (χ2v) is 5.64. The standard InChI is InChI=1S/C16H24N4O/c1-12(2)20(13(3)4)11-10-17-16-18-15(21-19-16)14-8-6-5-7-9-14/h5-9,12-13H,10-11H2,1-4H3,(H,17,19). The Kier molecular flexibility index (Phi) is 5.33. The van der Waals surface area contributed by atoms with Gasteiger partial charge in [0.25, 0.3) is 11.8 Å². The molecular weight excluding hydrogens is 264 g/mol. The quantitative estimate of drug-likeness (QED) is 0.847. The lowest BCUT2D eigenvalue weighted by Gasteiger charge is -2.30. The van der Waals surface area contributed by atoms with Crippen LogP contribution in [-0.2, 0) is 0 Å². The number of aromatic nitrogens is 2. The van der Waals surface area contributed by atoms with Gasteiger partial charge in [0, 0.05) is 30.7 Å². The van der Waals surface area contributed by atoms with Gasteiger partial charge in [-0.1, -0.05) is 18.2 Å². The van der Waals surface area contributed by atoms with E-state index in [0.29, 0.717) is 23.9 Å². The van der Waals surface area contributed by atoms with Gasteiger partial charge in [-0.25, -0.2) is 0 Å². The molecule has 1 aromatic carbocycles. The largest absolute Gasteiger partial charge is 0.350 e. The van der Waals surface area contributed by atoms with Crippen LogP contribution in [0.2, 0.25) is 0 Å². The zero-order valence-corrected chi connectivity index (χ0v) is 13.2. The van der Waals surface area contributed by atoms with Gasteiger partial charge in [0.2, 0.25) is 0 Å². The van der Waals surface area contributed by atoms with E-state index in [4.69, 9.17) is 4.52 Å². The highest BCUT2D eigenvalue weighted by atomic mass is 16.5. The minimum absolute atomic E-state index is 0.525. The third kappa shape index (κ3) is 4.29. The van der Waals surface area contributed by atoms with Crippen LogP contribution in [-0.4, -0.2) is 40.2 Å². The third-order valence-corrected chi connectivity index (χ3v) is 3.43. The summed E-state index contributed by atoms with van der Waals surface area (Å²) in [6.45, 7) is 10.6. The maximum atomic E-state index is 5.27. The van der Waals surface area contributed by atoms with Crippen LogP contribution in [0.1, 0.15) is 27.7 Å². The van der Waals surface area contributed by atoms with E-state index in [1.807, 2.05) is 30.3 Å². The van der Waals surface area contributed by atoms with E-state index in [1.54, 1.807) is 0 Å². The molecule has 1 aromatic heterocycles. The molecule has 1 heterocycles. The predicted octanol–water partition coefficient (Wildman–Crippen LogP) is 3.27. The van der Waals surface area contributed by atoms with E-state index in [-0.39, 0.29) is 0 Å². The molecule has 21 heavy (non-hydrogen) atoms. The van der Waals surface area contributed by atoms with Gasteiger partial charge in [-0.15, -0.1) is 0 Å². The van der Waals surface area contributed by atoms with Crippen LogP contribution in [0, 0.1) is 0 Å². The Labute approximate surface area is 126 Å². The fourth-order valence-corrected chi connectivity index (χ4v) is 2.40. The molecule has 2 aromatic rings. The molecular formula is C16H24N4O. The first-order valence-corrected chi connectivity index (χ1v) is 7.46. The van der Waals surface area contributed by atoms with Crippen molar-refractivity contribution in [3.05, 3.63) is 30.3 Å². The van der Waals surface area contributed by atoms with Crippen molar-refractivity contribution >= 4 is 5.95 Å². The van der Waals surface area contributed by atoms with E-state index in [1.165, 1.54) is 0 Å². The number of nitrogens with zero attached hydrogens (tertiary/aromatic N) is 3. The summed E-state index contributed by atoms with van der Waals surface area (Å²) in [4.78, 5) is 6.78. The highest BCUT2D eigenvalue weighted by Crippen LogP contribution is 2.17. The van der Waals surface area contributed by atoms with Crippen molar-refractivity contribution < 1.29 is 4.52 Å². The van der Waals surface area contributed by atoms with Gasteiger partial charge in [-0.05, 0) is 45.0 Å². The lowest BCUT2D eigenvalue weighted by Crippen LogP contribution is -2.40. The lowest BCUT2D eigenvalue weighted by atomic mass is 10.2. The van der Waals surface area contributed by atoms with Crippen LogP contribution < -0.4 is 5.32 Å². The molecule has 1 N–H and O–H groups in total. The first-order valence-electron chi connectivity index (χ1n) is 7.46. The van der Waals surface area contributed by atoms with Crippen LogP contribution in [0.5, 0.6) is 0 Å². The fraction of sp³-hybridized carbons (Fsp3) is 0.500. The number of hydrogen-bond donors (Lipinski definition) is 1.